The van der Waals surface area contributed by atoms with Crippen LogP contribution in [-0.4, -0.2) is 10.9 Å². The highest BCUT2D eigenvalue weighted by Gasteiger charge is 2.29. The van der Waals surface area contributed by atoms with Gasteiger partial charge >= 0.3 is 0 Å². The Balaban J connectivity index is 2.18. The highest BCUT2D eigenvalue weighted by molar-refractivity contribution is 5.91. The van der Waals surface area contributed by atoms with E-state index in [1.807, 2.05) is 13.8 Å². The van der Waals surface area contributed by atoms with Crippen molar-refractivity contribution in [3.05, 3.63) is 65.5 Å². The third kappa shape index (κ3) is 3.05. The van der Waals surface area contributed by atoms with Gasteiger partial charge in [0.05, 0.1) is 0 Å². The van der Waals surface area contributed by atoms with Crippen LogP contribution in [0, 0.1) is 5.82 Å². The molecule has 3 heteroatoms. The number of hydrogen-bond acceptors (Lipinski definition) is 2. The lowest BCUT2D eigenvalue weighted by Gasteiger charge is -2.23. The first kappa shape index (κ1) is 14.3. The standard InChI is InChI=1S/C17H17FO2/c1-17(2,13-5-7-14(18)8-6-13)16(20)11-12-3-9-15(19)10-4-12/h3-10,19H,11H2,1-2H3. The quantitative estimate of drug-likeness (QED) is 0.923. The van der Waals surface area contributed by atoms with Crippen molar-refractivity contribution in [1.29, 1.82) is 0 Å². The van der Waals surface area contributed by atoms with Crippen molar-refractivity contribution in [3.8, 4) is 5.75 Å². The molecule has 20 heavy (non-hydrogen) atoms. The molecule has 0 aliphatic heterocycles. The van der Waals surface area contributed by atoms with Crippen molar-refractivity contribution in [2.75, 3.05) is 0 Å². The summed E-state index contributed by atoms with van der Waals surface area (Å²) in [6.45, 7) is 3.67. The normalized spacial score (nSPS) is 11.3. The predicted molar refractivity (Wildman–Crippen MR) is 76.2 cm³/mol. The van der Waals surface area contributed by atoms with Gasteiger partial charge in [0.25, 0.3) is 0 Å². The molecule has 0 atom stereocenters. The Kier molecular flexibility index (Phi) is 3.89. The van der Waals surface area contributed by atoms with Crippen LogP contribution < -0.4 is 0 Å². The Morgan fingerprint density at radius 1 is 1.05 bits per heavy atom. The largest absolute Gasteiger partial charge is 0.508 e. The molecule has 0 amide bonds. The lowest BCUT2D eigenvalue weighted by Crippen LogP contribution is -2.30. The number of benzene rings is 2. The minimum Gasteiger partial charge on any atom is -0.508 e. The third-order valence-electron chi connectivity index (χ3n) is 3.56. The summed E-state index contributed by atoms with van der Waals surface area (Å²) >= 11 is 0. The molecule has 0 aliphatic carbocycles. The molecule has 2 rings (SSSR count). The van der Waals surface area contributed by atoms with Gasteiger partial charge in [-0.2, -0.15) is 0 Å². The molecule has 2 nitrogen and oxygen atoms in total. The van der Waals surface area contributed by atoms with E-state index in [1.165, 1.54) is 12.1 Å². The molecule has 0 aliphatic rings. The summed E-state index contributed by atoms with van der Waals surface area (Å²) in [5, 5.41) is 9.23. The van der Waals surface area contributed by atoms with Crippen molar-refractivity contribution in [1.82, 2.24) is 0 Å². The fraction of sp³-hybridized carbons (Fsp3) is 0.235. The summed E-state index contributed by atoms with van der Waals surface area (Å²) < 4.78 is 13.0. The Morgan fingerprint density at radius 2 is 1.60 bits per heavy atom. The molecular formula is C17H17FO2. The number of hydrogen-bond donors (Lipinski definition) is 1. The number of phenols is 1. The molecule has 0 unspecified atom stereocenters. The van der Waals surface area contributed by atoms with Gasteiger partial charge in [-0.1, -0.05) is 24.3 Å². The molecule has 0 radical (unpaired) electrons. The molecule has 0 bridgehead atoms. The van der Waals surface area contributed by atoms with Gasteiger partial charge in [-0.25, -0.2) is 4.39 Å². The lowest BCUT2D eigenvalue weighted by molar-refractivity contribution is -0.122. The monoisotopic (exact) mass is 272 g/mol. The Morgan fingerprint density at radius 3 is 2.15 bits per heavy atom. The van der Waals surface area contributed by atoms with Crippen molar-refractivity contribution >= 4 is 5.78 Å². The van der Waals surface area contributed by atoms with E-state index in [0.29, 0.717) is 0 Å². The van der Waals surface area contributed by atoms with Crippen LogP contribution in [0.1, 0.15) is 25.0 Å². The lowest BCUT2D eigenvalue weighted by atomic mass is 9.78. The molecular weight excluding hydrogens is 255 g/mol. The number of phenolic OH excluding ortho intramolecular Hbond substituents is 1. The highest BCUT2D eigenvalue weighted by Crippen LogP contribution is 2.26. The number of rotatable bonds is 4. The number of halogens is 1. The molecule has 104 valence electrons. The molecule has 0 aromatic heterocycles. The first-order valence-electron chi connectivity index (χ1n) is 6.47. The summed E-state index contributed by atoms with van der Waals surface area (Å²) in [6.07, 6.45) is 0.282. The van der Waals surface area contributed by atoms with E-state index in [-0.39, 0.29) is 23.8 Å². The smallest absolute Gasteiger partial charge is 0.147 e. The molecule has 2 aromatic carbocycles. The summed E-state index contributed by atoms with van der Waals surface area (Å²) in [5.41, 5.74) is 0.969. The first-order valence-corrected chi connectivity index (χ1v) is 6.47. The highest BCUT2D eigenvalue weighted by atomic mass is 19.1. The van der Waals surface area contributed by atoms with E-state index in [9.17, 15) is 14.3 Å². The minimum atomic E-state index is -0.675. The van der Waals surface area contributed by atoms with Crippen LogP contribution in [-0.2, 0) is 16.6 Å². The summed E-state index contributed by atoms with van der Waals surface area (Å²) in [5.74, 6) is -0.0793. The van der Waals surface area contributed by atoms with Crippen LogP contribution in [0.4, 0.5) is 4.39 Å². The zero-order chi connectivity index (χ0) is 14.8. The Hall–Kier alpha value is -2.16. The van der Waals surface area contributed by atoms with Crippen LogP contribution in [0.2, 0.25) is 0 Å². The van der Waals surface area contributed by atoms with E-state index in [2.05, 4.69) is 0 Å². The predicted octanol–water partition coefficient (Wildman–Crippen LogP) is 3.62. The SMILES string of the molecule is CC(C)(C(=O)Cc1ccc(O)cc1)c1ccc(F)cc1. The maximum Gasteiger partial charge on any atom is 0.147 e. The number of ketones is 1. The van der Waals surface area contributed by atoms with Crippen LogP contribution >= 0.6 is 0 Å². The molecule has 0 saturated heterocycles. The first-order chi connectivity index (χ1) is 9.39. The van der Waals surface area contributed by atoms with Crippen LogP contribution in [0.5, 0.6) is 5.75 Å². The molecule has 0 fully saturated rings. The van der Waals surface area contributed by atoms with Crippen molar-refractivity contribution in [3.63, 3.8) is 0 Å². The van der Waals surface area contributed by atoms with Gasteiger partial charge in [0.1, 0.15) is 17.3 Å². The third-order valence-corrected chi connectivity index (χ3v) is 3.56. The number of Topliss-reactive ketones (excluding diaryl/α,β-unsaturated/α-hetero) is 1. The van der Waals surface area contributed by atoms with Gasteiger partial charge in [-0.05, 0) is 49.2 Å². The van der Waals surface area contributed by atoms with Gasteiger partial charge in [-0.3, -0.25) is 4.79 Å². The van der Waals surface area contributed by atoms with Gasteiger partial charge < -0.3 is 5.11 Å². The average molecular weight is 272 g/mol. The van der Waals surface area contributed by atoms with E-state index in [0.717, 1.165) is 11.1 Å². The van der Waals surface area contributed by atoms with Crippen molar-refractivity contribution < 1.29 is 14.3 Å². The van der Waals surface area contributed by atoms with Gasteiger partial charge in [0.2, 0.25) is 0 Å². The zero-order valence-electron chi connectivity index (χ0n) is 11.6. The van der Waals surface area contributed by atoms with Crippen LogP contribution in [0.3, 0.4) is 0 Å². The fourth-order valence-electron chi connectivity index (χ4n) is 2.05. The number of carbonyl (C=O) groups excluding carboxylic acids is 1. The summed E-state index contributed by atoms with van der Waals surface area (Å²) in [7, 11) is 0. The Labute approximate surface area is 117 Å². The van der Waals surface area contributed by atoms with Crippen LogP contribution in [0.25, 0.3) is 0 Å². The molecule has 1 N–H and O–H groups in total. The van der Waals surface area contributed by atoms with E-state index < -0.39 is 5.41 Å². The maximum atomic E-state index is 13.0. The Bertz CT molecular complexity index is 598. The topological polar surface area (TPSA) is 37.3 Å². The zero-order valence-corrected chi connectivity index (χ0v) is 11.6. The van der Waals surface area contributed by atoms with E-state index >= 15 is 0 Å². The second-order valence-electron chi connectivity index (χ2n) is 5.40. The summed E-state index contributed by atoms with van der Waals surface area (Å²) in [6, 6.07) is 12.6. The number of carbonyl (C=O) groups is 1. The van der Waals surface area contributed by atoms with E-state index in [1.54, 1.807) is 36.4 Å². The second kappa shape index (κ2) is 5.45. The van der Waals surface area contributed by atoms with Gasteiger partial charge in [-0.15, -0.1) is 0 Å². The van der Waals surface area contributed by atoms with Gasteiger partial charge in [0, 0.05) is 11.8 Å². The van der Waals surface area contributed by atoms with E-state index in [4.69, 9.17) is 0 Å². The fourth-order valence-corrected chi connectivity index (χ4v) is 2.05. The molecule has 0 saturated carbocycles. The van der Waals surface area contributed by atoms with Crippen molar-refractivity contribution in [2.45, 2.75) is 25.7 Å². The summed E-state index contributed by atoms with van der Waals surface area (Å²) in [4.78, 5) is 12.4. The van der Waals surface area contributed by atoms with Crippen molar-refractivity contribution in [2.24, 2.45) is 0 Å². The molecule has 0 heterocycles. The average Bonchev–Trinajstić information content (AvgIpc) is 2.42. The molecule has 2 aromatic rings. The second-order valence-corrected chi connectivity index (χ2v) is 5.40. The van der Waals surface area contributed by atoms with Gasteiger partial charge in [0.15, 0.2) is 0 Å². The minimum absolute atomic E-state index is 0.0507. The molecule has 0 spiro atoms. The maximum absolute atomic E-state index is 13.0. The number of aromatic hydroxyl groups is 1. The van der Waals surface area contributed by atoms with Crippen LogP contribution in [0.15, 0.2) is 48.5 Å².